The topological polar surface area (TPSA) is 72.4 Å². The van der Waals surface area contributed by atoms with Crippen molar-refractivity contribution in [3.63, 3.8) is 0 Å². The summed E-state index contributed by atoms with van der Waals surface area (Å²) in [6.45, 7) is 1.95. The van der Waals surface area contributed by atoms with Gasteiger partial charge in [-0.1, -0.05) is 30.3 Å². The van der Waals surface area contributed by atoms with E-state index >= 15 is 0 Å². The standard InChI is InChI=1S/C20H20FN3O3/c1-14(27-18-9-5-3-7-16(18)21)20(26)23-22-19(25)11-13-24-12-10-15-6-2-4-8-17(15)24/h2-10,12,14H,11,13H2,1H3,(H,22,25)(H,23,26). The second kappa shape index (κ2) is 8.35. The third kappa shape index (κ3) is 4.63. The summed E-state index contributed by atoms with van der Waals surface area (Å²) in [7, 11) is 0. The molecule has 0 aliphatic carbocycles. The lowest BCUT2D eigenvalue weighted by atomic mass is 10.2. The van der Waals surface area contributed by atoms with E-state index in [-0.39, 0.29) is 18.1 Å². The fourth-order valence-corrected chi connectivity index (χ4v) is 2.64. The molecule has 7 heteroatoms. The molecule has 1 aromatic heterocycles. The number of carbonyl (C=O) groups is 2. The number of ether oxygens (including phenoxy) is 1. The van der Waals surface area contributed by atoms with Crippen molar-refractivity contribution in [3.05, 3.63) is 66.6 Å². The van der Waals surface area contributed by atoms with Crippen molar-refractivity contribution in [2.75, 3.05) is 0 Å². The van der Waals surface area contributed by atoms with Crippen LogP contribution in [-0.2, 0) is 16.1 Å². The molecular weight excluding hydrogens is 349 g/mol. The van der Waals surface area contributed by atoms with E-state index in [2.05, 4.69) is 10.9 Å². The van der Waals surface area contributed by atoms with Gasteiger partial charge in [0.25, 0.3) is 5.91 Å². The molecule has 1 atom stereocenters. The molecule has 0 bridgehead atoms. The molecule has 27 heavy (non-hydrogen) atoms. The van der Waals surface area contributed by atoms with Crippen molar-refractivity contribution in [1.29, 1.82) is 0 Å². The zero-order valence-electron chi connectivity index (χ0n) is 14.8. The summed E-state index contributed by atoms with van der Waals surface area (Å²) in [4.78, 5) is 24.0. The molecule has 0 aliphatic heterocycles. The molecule has 0 aliphatic rings. The Balaban J connectivity index is 1.45. The minimum absolute atomic E-state index is 0.0223. The van der Waals surface area contributed by atoms with Crippen LogP contribution in [0.3, 0.4) is 0 Å². The number of hydrogen-bond acceptors (Lipinski definition) is 3. The van der Waals surface area contributed by atoms with Gasteiger partial charge in [0, 0.05) is 24.7 Å². The molecule has 1 heterocycles. The number of hydrogen-bond donors (Lipinski definition) is 2. The minimum atomic E-state index is -0.962. The lowest BCUT2D eigenvalue weighted by Crippen LogP contribution is -2.47. The maximum Gasteiger partial charge on any atom is 0.279 e. The highest BCUT2D eigenvalue weighted by atomic mass is 19.1. The van der Waals surface area contributed by atoms with E-state index in [1.54, 1.807) is 6.07 Å². The van der Waals surface area contributed by atoms with Crippen LogP contribution in [0.25, 0.3) is 10.9 Å². The molecule has 0 saturated heterocycles. The quantitative estimate of drug-likeness (QED) is 0.657. The number of halogens is 1. The van der Waals surface area contributed by atoms with Crippen molar-refractivity contribution in [3.8, 4) is 5.75 Å². The number of amides is 2. The smallest absolute Gasteiger partial charge is 0.279 e. The highest BCUT2D eigenvalue weighted by Crippen LogP contribution is 2.17. The SMILES string of the molecule is CC(Oc1ccccc1F)C(=O)NNC(=O)CCn1ccc2ccccc21. The molecule has 6 nitrogen and oxygen atoms in total. The fraction of sp³-hybridized carbons (Fsp3) is 0.200. The van der Waals surface area contributed by atoms with Crippen LogP contribution in [0, 0.1) is 5.82 Å². The number of fused-ring (bicyclic) bond motifs is 1. The average molecular weight is 369 g/mol. The predicted molar refractivity (Wildman–Crippen MR) is 99.3 cm³/mol. The van der Waals surface area contributed by atoms with Crippen LogP contribution in [0.15, 0.2) is 60.8 Å². The largest absolute Gasteiger partial charge is 0.478 e. The van der Waals surface area contributed by atoms with Gasteiger partial charge in [-0.15, -0.1) is 0 Å². The number of hydrazine groups is 1. The third-order valence-electron chi connectivity index (χ3n) is 4.09. The van der Waals surface area contributed by atoms with E-state index in [4.69, 9.17) is 4.74 Å². The maximum absolute atomic E-state index is 13.5. The second-order valence-electron chi connectivity index (χ2n) is 6.05. The third-order valence-corrected chi connectivity index (χ3v) is 4.09. The first-order valence-corrected chi connectivity index (χ1v) is 8.58. The number of para-hydroxylation sites is 2. The summed E-state index contributed by atoms with van der Waals surface area (Å²) in [6.07, 6.45) is 1.15. The summed E-state index contributed by atoms with van der Waals surface area (Å²) in [5.41, 5.74) is 5.69. The zero-order chi connectivity index (χ0) is 19.2. The van der Waals surface area contributed by atoms with E-state index in [1.165, 1.54) is 25.1 Å². The van der Waals surface area contributed by atoms with Gasteiger partial charge in [0.05, 0.1) is 0 Å². The van der Waals surface area contributed by atoms with Crippen LogP contribution in [0.5, 0.6) is 5.75 Å². The summed E-state index contributed by atoms with van der Waals surface area (Å²) in [5.74, 6) is -1.48. The van der Waals surface area contributed by atoms with Crippen molar-refractivity contribution >= 4 is 22.7 Å². The van der Waals surface area contributed by atoms with E-state index in [0.29, 0.717) is 6.54 Å². The summed E-state index contributed by atoms with van der Waals surface area (Å²) >= 11 is 0. The molecule has 2 aromatic carbocycles. The Labute approximate surface area is 155 Å². The predicted octanol–water partition coefficient (Wildman–Crippen LogP) is 2.79. The molecule has 140 valence electrons. The molecule has 0 spiro atoms. The van der Waals surface area contributed by atoms with E-state index in [1.807, 2.05) is 41.1 Å². The van der Waals surface area contributed by atoms with Crippen LogP contribution in [0.1, 0.15) is 13.3 Å². The number of aromatic nitrogens is 1. The number of carbonyl (C=O) groups excluding carboxylic acids is 2. The van der Waals surface area contributed by atoms with Crippen LogP contribution in [0.2, 0.25) is 0 Å². The summed E-state index contributed by atoms with van der Waals surface area (Å²) in [6, 6.07) is 15.7. The number of rotatable bonds is 6. The van der Waals surface area contributed by atoms with Crippen molar-refractivity contribution in [1.82, 2.24) is 15.4 Å². The monoisotopic (exact) mass is 369 g/mol. The number of benzene rings is 2. The van der Waals surface area contributed by atoms with Gasteiger partial charge in [-0.25, -0.2) is 4.39 Å². The van der Waals surface area contributed by atoms with Crippen LogP contribution in [0.4, 0.5) is 4.39 Å². The second-order valence-corrected chi connectivity index (χ2v) is 6.05. The lowest BCUT2D eigenvalue weighted by molar-refractivity contribution is -0.132. The van der Waals surface area contributed by atoms with Gasteiger partial charge < -0.3 is 9.30 Å². The van der Waals surface area contributed by atoms with Gasteiger partial charge in [-0.05, 0) is 36.6 Å². The molecule has 1 unspecified atom stereocenters. The highest BCUT2D eigenvalue weighted by molar-refractivity contribution is 5.85. The number of nitrogens with zero attached hydrogens (tertiary/aromatic N) is 1. The van der Waals surface area contributed by atoms with E-state index in [9.17, 15) is 14.0 Å². The van der Waals surface area contributed by atoms with Gasteiger partial charge in [-0.3, -0.25) is 20.4 Å². The Morgan fingerprint density at radius 3 is 2.63 bits per heavy atom. The Morgan fingerprint density at radius 2 is 1.81 bits per heavy atom. The zero-order valence-corrected chi connectivity index (χ0v) is 14.8. The highest BCUT2D eigenvalue weighted by Gasteiger charge is 2.17. The normalized spacial score (nSPS) is 11.8. The first-order chi connectivity index (χ1) is 13.0. The van der Waals surface area contributed by atoms with Crippen LogP contribution < -0.4 is 15.6 Å². The number of nitrogens with one attached hydrogen (secondary N) is 2. The lowest BCUT2D eigenvalue weighted by Gasteiger charge is -2.15. The van der Waals surface area contributed by atoms with Gasteiger partial charge >= 0.3 is 0 Å². The van der Waals surface area contributed by atoms with Crippen molar-refractivity contribution in [2.24, 2.45) is 0 Å². The summed E-state index contributed by atoms with van der Waals surface area (Å²) < 4.78 is 20.8. The molecule has 0 fully saturated rings. The Hall–Kier alpha value is -3.35. The average Bonchev–Trinajstić information content (AvgIpc) is 3.09. The van der Waals surface area contributed by atoms with Gasteiger partial charge in [0.1, 0.15) is 0 Å². The molecule has 2 amide bonds. The maximum atomic E-state index is 13.5. The molecule has 0 radical (unpaired) electrons. The van der Waals surface area contributed by atoms with E-state index in [0.717, 1.165) is 10.9 Å². The Morgan fingerprint density at radius 1 is 1.07 bits per heavy atom. The van der Waals surface area contributed by atoms with Crippen LogP contribution in [-0.4, -0.2) is 22.5 Å². The first kappa shape index (κ1) is 18.4. The first-order valence-electron chi connectivity index (χ1n) is 8.58. The number of aryl methyl sites for hydroxylation is 1. The molecule has 3 aromatic rings. The van der Waals surface area contributed by atoms with E-state index < -0.39 is 17.8 Å². The van der Waals surface area contributed by atoms with Crippen LogP contribution >= 0.6 is 0 Å². The molecule has 2 N–H and O–H groups in total. The molecule has 3 rings (SSSR count). The Kier molecular flexibility index (Phi) is 5.71. The van der Waals surface area contributed by atoms with Gasteiger partial charge in [0.15, 0.2) is 17.7 Å². The van der Waals surface area contributed by atoms with Gasteiger partial charge in [0.2, 0.25) is 5.91 Å². The Bertz CT molecular complexity index is 954. The summed E-state index contributed by atoms with van der Waals surface area (Å²) in [5, 5.41) is 1.10. The van der Waals surface area contributed by atoms with Crippen molar-refractivity contribution in [2.45, 2.75) is 26.0 Å². The van der Waals surface area contributed by atoms with Crippen molar-refractivity contribution < 1.29 is 18.7 Å². The fourth-order valence-electron chi connectivity index (χ4n) is 2.64. The van der Waals surface area contributed by atoms with Gasteiger partial charge in [-0.2, -0.15) is 0 Å². The molecule has 0 saturated carbocycles. The molecular formula is C20H20FN3O3. The minimum Gasteiger partial charge on any atom is -0.478 e.